The van der Waals surface area contributed by atoms with Gasteiger partial charge in [0.2, 0.25) is 5.91 Å². The molecule has 0 aliphatic carbocycles. The molecule has 0 bridgehead atoms. The Morgan fingerprint density at radius 3 is 1.96 bits per heavy atom. The number of para-hydroxylation sites is 1. The highest BCUT2D eigenvalue weighted by Gasteiger charge is 2.16. The second-order valence-electron chi connectivity index (χ2n) is 7.32. The van der Waals surface area contributed by atoms with Crippen LogP contribution in [0.4, 0.5) is 5.69 Å². The van der Waals surface area contributed by atoms with Crippen LogP contribution in [0, 0.1) is 0 Å². The molecule has 26 heavy (non-hydrogen) atoms. The van der Waals surface area contributed by atoms with Gasteiger partial charge < -0.3 is 10.6 Å². The molecule has 2 aromatic rings. The Labute approximate surface area is 162 Å². The maximum absolute atomic E-state index is 12.6. The molecule has 0 fully saturated rings. The van der Waals surface area contributed by atoms with E-state index in [1.54, 1.807) is 0 Å². The van der Waals surface area contributed by atoms with E-state index in [0.29, 0.717) is 16.9 Å². The summed E-state index contributed by atoms with van der Waals surface area (Å²) in [6, 6.07) is 14.0. The van der Waals surface area contributed by atoms with Crippen molar-refractivity contribution in [1.29, 1.82) is 0 Å². The maximum Gasteiger partial charge on any atom is 0.238 e. The molecule has 0 unspecified atom stereocenters. The van der Waals surface area contributed by atoms with Crippen molar-refractivity contribution in [3.8, 4) is 0 Å². The number of carbonyl (C=O) groups excluding carboxylic acids is 1. The first-order valence-electron chi connectivity index (χ1n) is 9.21. The summed E-state index contributed by atoms with van der Waals surface area (Å²) in [5, 5.41) is 7.13. The Bertz CT molecular complexity index is 712. The van der Waals surface area contributed by atoms with Crippen molar-refractivity contribution >= 4 is 23.2 Å². The molecular formula is C22H29ClN2O. The summed E-state index contributed by atoms with van der Waals surface area (Å²) in [6.45, 7) is 10.9. The molecule has 0 aliphatic heterocycles. The van der Waals surface area contributed by atoms with Crippen molar-refractivity contribution in [3.63, 3.8) is 0 Å². The number of amides is 1. The Kier molecular flexibility index (Phi) is 7.24. The molecule has 0 saturated carbocycles. The first-order valence-corrected chi connectivity index (χ1v) is 9.59. The lowest BCUT2D eigenvalue weighted by atomic mass is 9.92. The second-order valence-corrected chi connectivity index (χ2v) is 7.76. The SMILES string of the molecule is CC(C)c1cccc(C(C)C)c1NC(=O)CN[C@H](C)c1ccc(Cl)cc1. The number of anilines is 1. The quantitative estimate of drug-likeness (QED) is 0.637. The van der Waals surface area contributed by atoms with Crippen LogP contribution in [0.25, 0.3) is 0 Å². The predicted molar refractivity (Wildman–Crippen MR) is 111 cm³/mol. The van der Waals surface area contributed by atoms with Gasteiger partial charge in [-0.2, -0.15) is 0 Å². The normalized spacial score (nSPS) is 12.5. The molecule has 0 spiro atoms. The van der Waals surface area contributed by atoms with E-state index in [4.69, 9.17) is 11.6 Å². The van der Waals surface area contributed by atoms with Crippen LogP contribution in [0.5, 0.6) is 0 Å². The molecule has 2 rings (SSSR count). The Balaban J connectivity index is 2.06. The van der Waals surface area contributed by atoms with Gasteiger partial charge in [-0.1, -0.05) is 69.6 Å². The van der Waals surface area contributed by atoms with Crippen LogP contribution in [0.1, 0.15) is 69.2 Å². The lowest BCUT2D eigenvalue weighted by Crippen LogP contribution is -2.30. The molecule has 140 valence electrons. The molecule has 4 heteroatoms. The minimum Gasteiger partial charge on any atom is -0.324 e. The van der Waals surface area contributed by atoms with E-state index in [-0.39, 0.29) is 18.5 Å². The van der Waals surface area contributed by atoms with E-state index in [2.05, 4.69) is 56.5 Å². The minimum absolute atomic E-state index is 0.0270. The summed E-state index contributed by atoms with van der Waals surface area (Å²) in [6.07, 6.45) is 0. The van der Waals surface area contributed by atoms with Crippen LogP contribution in [-0.2, 0) is 4.79 Å². The lowest BCUT2D eigenvalue weighted by molar-refractivity contribution is -0.115. The highest BCUT2D eigenvalue weighted by molar-refractivity contribution is 6.30. The Morgan fingerprint density at radius 1 is 0.923 bits per heavy atom. The van der Waals surface area contributed by atoms with Crippen molar-refractivity contribution in [3.05, 3.63) is 64.2 Å². The third-order valence-electron chi connectivity index (χ3n) is 4.58. The van der Waals surface area contributed by atoms with Gasteiger partial charge in [0.25, 0.3) is 0 Å². The fourth-order valence-corrected chi connectivity index (χ4v) is 3.12. The van der Waals surface area contributed by atoms with Gasteiger partial charge in [0, 0.05) is 16.8 Å². The van der Waals surface area contributed by atoms with Crippen LogP contribution >= 0.6 is 11.6 Å². The fraction of sp³-hybridized carbons (Fsp3) is 0.409. The first kappa shape index (κ1) is 20.5. The van der Waals surface area contributed by atoms with Crippen LogP contribution in [-0.4, -0.2) is 12.5 Å². The largest absolute Gasteiger partial charge is 0.324 e. The van der Waals surface area contributed by atoms with E-state index < -0.39 is 0 Å². The van der Waals surface area contributed by atoms with Crippen molar-refractivity contribution in [2.75, 3.05) is 11.9 Å². The summed E-state index contributed by atoms with van der Waals surface area (Å²) >= 11 is 5.93. The van der Waals surface area contributed by atoms with E-state index in [0.717, 1.165) is 11.3 Å². The predicted octanol–water partition coefficient (Wildman–Crippen LogP) is 5.88. The van der Waals surface area contributed by atoms with Crippen LogP contribution in [0.15, 0.2) is 42.5 Å². The van der Waals surface area contributed by atoms with Crippen LogP contribution in [0.2, 0.25) is 5.02 Å². The summed E-state index contributed by atoms with van der Waals surface area (Å²) in [5.74, 6) is 0.677. The molecule has 1 atom stereocenters. The summed E-state index contributed by atoms with van der Waals surface area (Å²) in [5.41, 5.74) is 4.42. The zero-order valence-electron chi connectivity index (χ0n) is 16.3. The zero-order valence-corrected chi connectivity index (χ0v) is 17.0. The van der Waals surface area contributed by atoms with Crippen molar-refractivity contribution in [2.45, 2.75) is 52.5 Å². The number of carbonyl (C=O) groups is 1. The van der Waals surface area contributed by atoms with Gasteiger partial charge in [0.1, 0.15) is 0 Å². The number of halogens is 1. The average Bonchev–Trinajstić information content (AvgIpc) is 2.60. The molecule has 0 aromatic heterocycles. The van der Waals surface area contributed by atoms with Crippen molar-refractivity contribution in [2.24, 2.45) is 0 Å². The van der Waals surface area contributed by atoms with Crippen LogP contribution in [0.3, 0.4) is 0 Å². The second kappa shape index (κ2) is 9.20. The number of hydrogen-bond donors (Lipinski definition) is 2. The summed E-state index contributed by atoms with van der Waals surface area (Å²) in [4.78, 5) is 12.6. The monoisotopic (exact) mass is 372 g/mol. The van der Waals surface area contributed by atoms with Crippen LogP contribution < -0.4 is 10.6 Å². The maximum atomic E-state index is 12.6. The van der Waals surface area contributed by atoms with E-state index in [9.17, 15) is 4.79 Å². The van der Waals surface area contributed by atoms with Gasteiger partial charge in [0.15, 0.2) is 0 Å². The Hall–Kier alpha value is -1.84. The molecule has 0 radical (unpaired) electrons. The zero-order chi connectivity index (χ0) is 19.3. The highest BCUT2D eigenvalue weighted by Crippen LogP contribution is 2.32. The van der Waals surface area contributed by atoms with Gasteiger partial charge >= 0.3 is 0 Å². The van der Waals surface area contributed by atoms with E-state index >= 15 is 0 Å². The van der Waals surface area contributed by atoms with E-state index in [1.807, 2.05) is 31.2 Å². The number of benzene rings is 2. The molecule has 1 amide bonds. The third kappa shape index (κ3) is 5.33. The molecule has 2 aromatic carbocycles. The Morgan fingerprint density at radius 2 is 1.46 bits per heavy atom. The van der Waals surface area contributed by atoms with Gasteiger partial charge in [-0.3, -0.25) is 4.79 Å². The van der Waals surface area contributed by atoms with Gasteiger partial charge in [-0.15, -0.1) is 0 Å². The van der Waals surface area contributed by atoms with Gasteiger partial charge in [-0.05, 0) is 47.6 Å². The van der Waals surface area contributed by atoms with E-state index in [1.165, 1.54) is 11.1 Å². The third-order valence-corrected chi connectivity index (χ3v) is 4.83. The van der Waals surface area contributed by atoms with Crippen molar-refractivity contribution < 1.29 is 4.79 Å². The summed E-state index contributed by atoms with van der Waals surface area (Å²) < 4.78 is 0. The molecular weight excluding hydrogens is 344 g/mol. The first-order chi connectivity index (χ1) is 12.3. The topological polar surface area (TPSA) is 41.1 Å². The number of rotatable bonds is 7. The van der Waals surface area contributed by atoms with Crippen molar-refractivity contribution in [1.82, 2.24) is 5.32 Å². The fourth-order valence-electron chi connectivity index (χ4n) is 2.99. The standard InChI is InChI=1S/C22H29ClN2O/c1-14(2)19-7-6-8-20(15(3)4)22(19)25-21(26)13-24-16(5)17-9-11-18(23)12-10-17/h6-12,14-16,24H,13H2,1-5H3,(H,25,26)/t16-/m1/s1. The van der Waals surface area contributed by atoms with Gasteiger partial charge in [-0.25, -0.2) is 0 Å². The smallest absolute Gasteiger partial charge is 0.238 e. The van der Waals surface area contributed by atoms with Gasteiger partial charge in [0.05, 0.1) is 6.54 Å². The molecule has 3 nitrogen and oxygen atoms in total. The average molecular weight is 373 g/mol. The molecule has 0 heterocycles. The minimum atomic E-state index is -0.0270. The number of hydrogen-bond acceptors (Lipinski definition) is 2. The molecule has 0 saturated heterocycles. The molecule has 2 N–H and O–H groups in total. The molecule has 0 aliphatic rings. The summed E-state index contributed by atoms with van der Waals surface area (Å²) in [7, 11) is 0. The highest BCUT2D eigenvalue weighted by atomic mass is 35.5. The lowest BCUT2D eigenvalue weighted by Gasteiger charge is -2.21. The number of nitrogens with one attached hydrogen (secondary N) is 2.